The number of carbonyl (C=O) groups is 2. The van der Waals surface area contributed by atoms with Crippen LogP contribution in [-0.4, -0.2) is 44.1 Å². The molecule has 8 heteroatoms. The van der Waals surface area contributed by atoms with Gasteiger partial charge in [-0.25, -0.2) is 9.78 Å². The molecule has 0 radical (unpaired) electrons. The molecule has 2 heterocycles. The summed E-state index contributed by atoms with van der Waals surface area (Å²) in [6.45, 7) is 5.69. The molecule has 1 aliphatic heterocycles. The van der Waals surface area contributed by atoms with E-state index in [1.54, 1.807) is 4.90 Å². The van der Waals surface area contributed by atoms with Gasteiger partial charge in [-0.15, -0.1) is 0 Å². The first-order valence-corrected chi connectivity index (χ1v) is 9.82. The molecule has 1 fully saturated rings. The Bertz CT molecular complexity index is 835. The standard InChI is InChI=1S/C18H23IN4O3/c1-9(2)15(22-18(25)26)17(24)23-10(3)4-7-14(23)16-20-12-6-5-11(19)8-13(12)21-16/h5-6,8-10,14-15,22H,4,7H2,1-3H3,(H,20,21)(H,25,26)/t10-,14-,15-/m0/s1. The Kier molecular flexibility index (Phi) is 5.40. The van der Waals surface area contributed by atoms with Crippen molar-refractivity contribution in [3.63, 3.8) is 0 Å². The molecule has 3 rings (SSSR count). The molecule has 0 spiro atoms. The van der Waals surface area contributed by atoms with E-state index in [4.69, 9.17) is 10.1 Å². The SMILES string of the molecule is CC(C)[C@H](NC(=O)O)C(=O)N1[C@@H](C)CC[C@H]1c1nc2cc(I)ccc2[nH]1. The van der Waals surface area contributed by atoms with E-state index in [-0.39, 0.29) is 23.9 Å². The number of benzene rings is 1. The largest absolute Gasteiger partial charge is 0.465 e. The van der Waals surface area contributed by atoms with E-state index < -0.39 is 12.1 Å². The van der Waals surface area contributed by atoms with Crippen LogP contribution in [0.25, 0.3) is 11.0 Å². The summed E-state index contributed by atoms with van der Waals surface area (Å²) in [6, 6.07) is 5.11. The molecule has 1 aliphatic rings. The van der Waals surface area contributed by atoms with Crippen LogP contribution in [0.4, 0.5) is 4.79 Å². The fourth-order valence-electron chi connectivity index (χ4n) is 3.59. The molecule has 0 aliphatic carbocycles. The van der Waals surface area contributed by atoms with Crippen molar-refractivity contribution in [3.8, 4) is 0 Å². The fraction of sp³-hybridized carbons (Fsp3) is 0.500. The maximum Gasteiger partial charge on any atom is 0.405 e. The van der Waals surface area contributed by atoms with Gasteiger partial charge in [-0.3, -0.25) is 4.79 Å². The third-order valence-corrected chi connectivity index (χ3v) is 5.58. The van der Waals surface area contributed by atoms with Gasteiger partial charge in [0.1, 0.15) is 11.9 Å². The third-order valence-electron chi connectivity index (χ3n) is 4.91. The lowest BCUT2D eigenvalue weighted by molar-refractivity contribution is -0.137. The van der Waals surface area contributed by atoms with Crippen molar-refractivity contribution in [2.75, 3.05) is 0 Å². The minimum atomic E-state index is -1.18. The molecule has 140 valence electrons. The van der Waals surface area contributed by atoms with Gasteiger partial charge in [0.2, 0.25) is 5.91 Å². The number of hydrogen-bond acceptors (Lipinski definition) is 3. The summed E-state index contributed by atoms with van der Waals surface area (Å²) in [6.07, 6.45) is 0.490. The van der Waals surface area contributed by atoms with Crippen molar-refractivity contribution in [2.45, 2.75) is 51.7 Å². The van der Waals surface area contributed by atoms with Crippen molar-refractivity contribution in [2.24, 2.45) is 5.92 Å². The van der Waals surface area contributed by atoms with E-state index in [1.165, 1.54) is 0 Å². The fourth-order valence-corrected chi connectivity index (χ4v) is 4.06. The third kappa shape index (κ3) is 3.65. The summed E-state index contributed by atoms with van der Waals surface area (Å²) < 4.78 is 1.10. The van der Waals surface area contributed by atoms with Gasteiger partial charge in [-0.2, -0.15) is 0 Å². The Morgan fingerprint density at radius 3 is 2.77 bits per heavy atom. The highest BCUT2D eigenvalue weighted by Crippen LogP contribution is 2.36. The lowest BCUT2D eigenvalue weighted by Crippen LogP contribution is -2.52. The van der Waals surface area contributed by atoms with Crippen LogP contribution in [0.5, 0.6) is 0 Å². The topological polar surface area (TPSA) is 98.3 Å². The van der Waals surface area contributed by atoms with Crippen LogP contribution in [0.15, 0.2) is 18.2 Å². The van der Waals surface area contributed by atoms with Crippen molar-refractivity contribution in [1.82, 2.24) is 20.2 Å². The molecule has 3 N–H and O–H groups in total. The van der Waals surface area contributed by atoms with E-state index in [2.05, 4.69) is 32.9 Å². The number of imidazole rings is 1. The number of nitrogens with one attached hydrogen (secondary N) is 2. The number of fused-ring (bicyclic) bond motifs is 1. The number of carboxylic acid groups (broad SMARTS) is 1. The second-order valence-electron chi connectivity index (χ2n) is 7.14. The summed E-state index contributed by atoms with van der Waals surface area (Å²) in [5.41, 5.74) is 1.82. The molecule has 1 saturated heterocycles. The predicted molar refractivity (Wildman–Crippen MR) is 107 cm³/mol. The van der Waals surface area contributed by atoms with Crippen molar-refractivity contribution in [1.29, 1.82) is 0 Å². The zero-order chi connectivity index (χ0) is 19.0. The van der Waals surface area contributed by atoms with E-state index >= 15 is 0 Å². The number of halogens is 1. The average Bonchev–Trinajstić information content (AvgIpc) is 3.14. The molecule has 7 nitrogen and oxygen atoms in total. The van der Waals surface area contributed by atoms with Crippen LogP contribution in [0.3, 0.4) is 0 Å². The van der Waals surface area contributed by atoms with Gasteiger partial charge in [0.25, 0.3) is 0 Å². The summed E-state index contributed by atoms with van der Waals surface area (Å²) >= 11 is 2.25. The van der Waals surface area contributed by atoms with Gasteiger partial charge in [0.05, 0.1) is 17.1 Å². The van der Waals surface area contributed by atoms with Crippen LogP contribution in [0.1, 0.15) is 45.5 Å². The number of likely N-dealkylation sites (tertiary alicyclic amines) is 1. The van der Waals surface area contributed by atoms with Gasteiger partial charge in [-0.05, 0) is 66.5 Å². The maximum atomic E-state index is 13.1. The predicted octanol–water partition coefficient (Wildman–Crippen LogP) is 3.51. The quantitative estimate of drug-likeness (QED) is 0.596. The average molecular weight is 470 g/mol. The lowest BCUT2D eigenvalue weighted by Gasteiger charge is -2.32. The summed E-state index contributed by atoms with van der Waals surface area (Å²) in [5.74, 6) is 0.439. The van der Waals surface area contributed by atoms with Crippen molar-refractivity contribution >= 4 is 45.6 Å². The van der Waals surface area contributed by atoms with E-state index in [0.29, 0.717) is 0 Å². The van der Waals surface area contributed by atoms with Crippen LogP contribution in [0.2, 0.25) is 0 Å². The molecule has 2 amide bonds. The second kappa shape index (κ2) is 7.42. The van der Waals surface area contributed by atoms with Crippen LogP contribution < -0.4 is 5.32 Å². The number of amides is 2. The summed E-state index contributed by atoms with van der Waals surface area (Å²) in [7, 11) is 0. The Balaban J connectivity index is 1.93. The van der Waals surface area contributed by atoms with E-state index in [1.807, 2.05) is 39.0 Å². The summed E-state index contributed by atoms with van der Waals surface area (Å²) in [4.78, 5) is 34.1. The first kappa shape index (κ1) is 18.9. The van der Waals surface area contributed by atoms with E-state index in [9.17, 15) is 9.59 Å². The lowest BCUT2D eigenvalue weighted by atomic mass is 10.0. The minimum Gasteiger partial charge on any atom is -0.465 e. The number of H-pyrrole nitrogens is 1. The van der Waals surface area contributed by atoms with Crippen molar-refractivity contribution < 1.29 is 14.7 Å². The first-order valence-electron chi connectivity index (χ1n) is 8.74. The monoisotopic (exact) mass is 470 g/mol. The smallest absolute Gasteiger partial charge is 0.405 e. The minimum absolute atomic E-state index is 0.0395. The normalized spacial score (nSPS) is 21.3. The molecule has 0 bridgehead atoms. The number of rotatable bonds is 4. The van der Waals surface area contributed by atoms with Gasteiger partial charge >= 0.3 is 6.09 Å². The Labute approximate surface area is 165 Å². The highest BCUT2D eigenvalue weighted by molar-refractivity contribution is 14.1. The zero-order valence-electron chi connectivity index (χ0n) is 15.0. The second-order valence-corrected chi connectivity index (χ2v) is 8.39. The number of hydrogen-bond donors (Lipinski definition) is 3. The zero-order valence-corrected chi connectivity index (χ0v) is 17.1. The summed E-state index contributed by atoms with van der Waals surface area (Å²) in [5, 5.41) is 11.5. The number of nitrogens with zero attached hydrogens (tertiary/aromatic N) is 2. The number of aromatic nitrogens is 2. The first-order chi connectivity index (χ1) is 12.3. The highest BCUT2D eigenvalue weighted by atomic mass is 127. The maximum absolute atomic E-state index is 13.1. The molecule has 0 saturated carbocycles. The molecule has 0 unspecified atom stereocenters. The van der Waals surface area contributed by atoms with Crippen molar-refractivity contribution in [3.05, 3.63) is 27.6 Å². The Morgan fingerprint density at radius 1 is 1.38 bits per heavy atom. The molecule has 1 aromatic carbocycles. The van der Waals surface area contributed by atoms with E-state index in [0.717, 1.165) is 33.3 Å². The van der Waals surface area contributed by atoms with Crippen LogP contribution in [0, 0.1) is 9.49 Å². The molecule has 26 heavy (non-hydrogen) atoms. The molecule has 3 atom stereocenters. The highest BCUT2D eigenvalue weighted by Gasteiger charge is 2.41. The molecule has 2 aromatic rings. The van der Waals surface area contributed by atoms with Crippen LogP contribution in [-0.2, 0) is 4.79 Å². The van der Waals surface area contributed by atoms with Gasteiger partial charge in [0, 0.05) is 9.61 Å². The molecular formula is C18H23IN4O3. The molecule has 1 aromatic heterocycles. The number of carbonyl (C=O) groups excluding carboxylic acids is 1. The molecular weight excluding hydrogens is 447 g/mol. The Morgan fingerprint density at radius 2 is 2.12 bits per heavy atom. The van der Waals surface area contributed by atoms with Gasteiger partial charge < -0.3 is 20.3 Å². The van der Waals surface area contributed by atoms with Crippen LogP contribution >= 0.6 is 22.6 Å². The number of aromatic amines is 1. The van der Waals surface area contributed by atoms with Gasteiger partial charge in [-0.1, -0.05) is 13.8 Å². The Hall–Kier alpha value is -1.84. The van der Waals surface area contributed by atoms with Gasteiger partial charge in [0.15, 0.2) is 0 Å².